The lowest BCUT2D eigenvalue weighted by molar-refractivity contribution is 0.801. The molecule has 0 bridgehead atoms. The largest absolute Gasteiger partial charge is 0.377 e. The van der Waals surface area contributed by atoms with Gasteiger partial charge >= 0.3 is 0 Å². The van der Waals surface area contributed by atoms with Crippen LogP contribution in [0.15, 0.2) is 53.2 Å². The molecule has 108 valence electrons. The van der Waals surface area contributed by atoms with Crippen LogP contribution in [0.2, 0.25) is 5.02 Å². The van der Waals surface area contributed by atoms with Crippen molar-refractivity contribution in [2.75, 3.05) is 5.32 Å². The van der Waals surface area contributed by atoms with Crippen LogP contribution in [-0.4, -0.2) is 0 Å². The van der Waals surface area contributed by atoms with E-state index in [-0.39, 0.29) is 0 Å². The molecule has 1 N–H and O–H groups in total. The molecule has 0 spiro atoms. The Hall–Kier alpha value is -1.29. The molecule has 1 nitrogen and oxygen atoms in total. The maximum atomic E-state index is 6.04. The van der Waals surface area contributed by atoms with E-state index in [1.54, 1.807) is 11.3 Å². The molecule has 0 aliphatic rings. The van der Waals surface area contributed by atoms with E-state index in [2.05, 4.69) is 53.3 Å². The maximum absolute atomic E-state index is 6.04. The highest BCUT2D eigenvalue weighted by atomic mass is 35.5. The van der Waals surface area contributed by atoms with Gasteiger partial charge in [0.1, 0.15) is 0 Å². The molecule has 0 amide bonds. The highest BCUT2D eigenvalue weighted by Gasteiger charge is 2.15. The summed E-state index contributed by atoms with van der Waals surface area (Å²) in [5.74, 6) is 0. The second-order valence-electron chi connectivity index (χ2n) is 4.96. The summed E-state index contributed by atoms with van der Waals surface area (Å²) in [6.45, 7) is 2.09. The number of benzene rings is 1. The first-order valence-corrected chi connectivity index (χ1v) is 8.94. The topological polar surface area (TPSA) is 12.0 Å². The Bertz CT molecular complexity index is 690. The molecular weight excluding hydrogens is 318 g/mol. The fourth-order valence-corrected chi connectivity index (χ4v) is 4.08. The van der Waals surface area contributed by atoms with Crippen molar-refractivity contribution >= 4 is 40.0 Å². The normalized spacial score (nSPS) is 12.3. The SMILES string of the molecule is Cc1cc(Cl)ccc1NC(Cc1cccs1)c1cccs1. The smallest absolute Gasteiger partial charge is 0.0654 e. The van der Waals surface area contributed by atoms with Crippen molar-refractivity contribution in [3.8, 4) is 0 Å². The number of thiophene rings is 2. The van der Waals surface area contributed by atoms with Crippen molar-refractivity contribution in [1.82, 2.24) is 0 Å². The summed E-state index contributed by atoms with van der Waals surface area (Å²) in [6, 6.07) is 14.9. The summed E-state index contributed by atoms with van der Waals surface area (Å²) in [4.78, 5) is 2.75. The van der Waals surface area contributed by atoms with E-state index in [0.717, 1.165) is 17.1 Å². The molecule has 0 radical (unpaired) electrons. The molecule has 0 saturated carbocycles. The predicted octanol–water partition coefficient (Wildman–Crippen LogP) is 6.17. The molecule has 2 aromatic heterocycles. The standard InChI is InChI=1S/C17H16ClNS2/c1-12-10-13(18)6-7-15(12)19-16(17-5-3-9-21-17)11-14-4-2-8-20-14/h2-10,16,19H,11H2,1H3. The average molecular weight is 334 g/mol. The minimum Gasteiger partial charge on any atom is -0.377 e. The van der Waals surface area contributed by atoms with Gasteiger partial charge in [-0.1, -0.05) is 23.7 Å². The molecule has 0 fully saturated rings. The zero-order chi connectivity index (χ0) is 14.7. The Morgan fingerprint density at radius 2 is 1.90 bits per heavy atom. The van der Waals surface area contributed by atoms with Crippen LogP contribution in [-0.2, 0) is 6.42 Å². The van der Waals surface area contributed by atoms with E-state index >= 15 is 0 Å². The molecule has 1 atom stereocenters. The summed E-state index contributed by atoms with van der Waals surface area (Å²) >= 11 is 9.65. The van der Waals surface area contributed by atoms with E-state index in [0.29, 0.717) is 6.04 Å². The number of anilines is 1. The lowest BCUT2D eigenvalue weighted by Gasteiger charge is -2.20. The Balaban J connectivity index is 1.85. The molecule has 2 heterocycles. The third-order valence-corrected chi connectivity index (χ3v) is 5.51. The van der Waals surface area contributed by atoms with Gasteiger partial charge in [-0.3, -0.25) is 0 Å². The van der Waals surface area contributed by atoms with E-state index in [4.69, 9.17) is 11.6 Å². The third kappa shape index (κ3) is 3.67. The third-order valence-electron chi connectivity index (χ3n) is 3.39. The molecule has 4 heteroatoms. The zero-order valence-corrected chi connectivity index (χ0v) is 14.1. The van der Waals surface area contributed by atoms with Gasteiger partial charge in [0, 0.05) is 26.9 Å². The van der Waals surface area contributed by atoms with Gasteiger partial charge in [-0.05, 0) is 53.6 Å². The van der Waals surface area contributed by atoms with Crippen LogP contribution < -0.4 is 5.32 Å². The first kappa shape index (κ1) is 14.6. The monoisotopic (exact) mass is 333 g/mol. The predicted molar refractivity (Wildman–Crippen MR) is 94.9 cm³/mol. The summed E-state index contributed by atoms with van der Waals surface area (Å²) in [5, 5.41) is 8.72. The van der Waals surface area contributed by atoms with Gasteiger partial charge in [0.2, 0.25) is 0 Å². The van der Waals surface area contributed by atoms with Gasteiger partial charge in [0.05, 0.1) is 6.04 Å². The summed E-state index contributed by atoms with van der Waals surface area (Å²) in [6.07, 6.45) is 1.00. The number of hydrogen-bond donors (Lipinski definition) is 1. The fraction of sp³-hybridized carbons (Fsp3) is 0.176. The van der Waals surface area contributed by atoms with Gasteiger partial charge in [0.15, 0.2) is 0 Å². The second kappa shape index (κ2) is 6.65. The molecule has 0 saturated heterocycles. The number of rotatable bonds is 5. The molecule has 1 unspecified atom stereocenters. The first-order valence-electron chi connectivity index (χ1n) is 6.81. The van der Waals surface area contributed by atoms with Crippen LogP contribution in [0.25, 0.3) is 0 Å². The van der Waals surface area contributed by atoms with Crippen LogP contribution in [0.4, 0.5) is 5.69 Å². The van der Waals surface area contributed by atoms with Crippen molar-refractivity contribution in [1.29, 1.82) is 0 Å². The van der Waals surface area contributed by atoms with Gasteiger partial charge in [-0.2, -0.15) is 0 Å². The van der Waals surface area contributed by atoms with Crippen LogP contribution in [0.5, 0.6) is 0 Å². The van der Waals surface area contributed by atoms with Crippen molar-refractivity contribution in [3.05, 3.63) is 73.6 Å². The summed E-state index contributed by atoms with van der Waals surface area (Å²) in [5.41, 5.74) is 2.32. The molecule has 21 heavy (non-hydrogen) atoms. The highest BCUT2D eigenvalue weighted by molar-refractivity contribution is 7.10. The molecule has 3 aromatic rings. The number of hydrogen-bond acceptors (Lipinski definition) is 3. The molecular formula is C17H16ClNS2. The van der Waals surface area contributed by atoms with Crippen LogP contribution in [0, 0.1) is 6.92 Å². The van der Waals surface area contributed by atoms with Gasteiger partial charge in [-0.15, -0.1) is 22.7 Å². The van der Waals surface area contributed by atoms with Crippen LogP contribution >= 0.6 is 34.3 Å². The number of halogens is 1. The quantitative estimate of drug-likeness (QED) is 0.589. The lowest BCUT2D eigenvalue weighted by atomic mass is 10.1. The van der Waals surface area contributed by atoms with Crippen molar-refractivity contribution < 1.29 is 0 Å². The lowest BCUT2D eigenvalue weighted by Crippen LogP contribution is -2.12. The number of aryl methyl sites for hydroxylation is 1. The van der Waals surface area contributed by atoms with Gasteiger partial charge in [0.25, 0.3) is 0 Å². The van der Waals surface area contributed by atoms with Crippen molar-refractivity contribution in [2.24, 2.45) is 0 Å². The van der Waals surface area contributed by atoms with Gasteiger partial charge < -0.3 is 5.32 Å². The molecule has 3 rings (SSSR count). The van der Waals surface area contributed by atoms with Crippen LogP contribution in [0.3, 0.4) is 0 Å². The molecule has 0 aliphatic carbocycles. The maximum Gasteiger partial charge on any atom is 0.0654 e. The number of nitrogens with one attached hydrogen (secondary N) is 1. The Morgan fingerprint density at radius 1 is 1.10 bits per heavy atom. The van der Waals surface area contributed by atoms with Crippen molar-refractivity contribution in [3.63, 3.8) is 0 Å². The Morgan fingerprint density at radius 3 is 2.57 bits per heavy atom. The van der Waals surface area contributed by atoms with E-state index in [1.807, 2.05) is 23.5 Å². The fourth-order valence-electron chi connectivity index (χ4n) is 2.32. The average Bonchev–Trinajstić information content (AvgIpc) is 3.13. The molecule has 1 aromatic carbocycles. The zero-order valence-electron chi connectivity index (χ0n) is 11.7. The van der Waals surface area contributed by atoms with E-state index in [1.165, 1.54) is 15.3 Å². The van der Waals surface area contributed by atoms with E-state index in [9.17, 15) is 0 Å². The Labute approximate surface area is 138 Å². The minimum atomic E-state index is 0.295. The van der Waals surface area contributed by atoms with Crippen molar-refractivity contribution in [2.45, 2.75) is 19.4 Å². The summed E-state index contributed by atoms with van der Waals surface area (Å²) in [7, 11) is 0. The molecule has 0 aliphatic heterocycles. The highest BCUT2D eigenvalue weighted by Crippen LogP contribution is 2.30. The second-order valence-corrected chi connectivity index (χ2v) is 7.40. The van der Waals surface area contributed by atoms with Gasteiger partial charge in [-0.25, -0.2) is 0 Å². The van der Waals surface area contributed by atoms with E-state index < -0.39 is 0 Å². The summed E-state index contributed by atoms with van der Waals surface area (Å²) < 4.78 is 0. The first-order chi connectivity index (χ1) is 10.2. The van der Waals surface area contributed by atoms with Crippen LogP contribution in [0.1, 0.15) is 21.4 Å². The minimum absolute atomic E-state index is 0.295. The Kier molecular flexibility index (Phi) is 4.63.